The van der Waals surface area contributed by atoms with Crippen molar-refractivity contribution in [3.05, 3.63) is 42.1 Å². The number of carbonyl (C=O) groups excluding carboxylic acids is 2. The highest BCUT2D eigenvalue weighted by Gasteiger charge is 2.32. The van der Waals surface area contributed by atoms with Gasteiger partial charge in [0, 0.05) is 24.5 Å². The van der Waals surface area contributed by atoms with Crippen LogP contribution in [0.15, 0.2) is 36.5 Å². The van der Waals surface area contributed by atoms with Crippen molar-refractivity contribution < 1.29 is 14.7 Å². The molecular weight excluding hydrogens is 450 g/mol. The van der Waals surface area contributed by atoms with Gasteiger partial charge in [-0.2, -0.15) is 0 Å². The fourth-order valence-corrected chi connectivity index (χ4v) is 6.34. The number of pyridine rings is 1. The lowest BCUT2D eigenvalue weighted by Gasteiger charge is -2.32. The first-order valence-corrected chi connectivity index (χ1v) is 14.1. The minimum Gasteiger partial charge on any atom is -0.391 e. The first kappa shape index (κ1) is 26.6. The van der Waals surface area contributed by atoms with Crippen LogP contribution < -0.4 is 10.6 Å². The molecule has 2 saturated carbocycles. The molecule has 1 aromatic carbocycles. The summed E-state index contributed by atoms with van der Waals surface area (Å²) in [4.78, 5) is 30.5. The predicted octanol–water partition coefficient (Wildman–Crippen LogP) is 5.39. The Morgan fingerprint density at radius 2 is 1.61 bits per heavy atom. The SMILES string of the molecule is CNC(=O)[C@H](CC1CCCCC1)C[C@H](O)[C@H](CC1CCCCC1)NC(=O)c1cnc2ccccc2c1. The van der Waals surface area contributed by atoms with Crippen LogP contribution in [0.1, 0.15) is 93.8 Å². The molecule has 0 saturated heterocycles. The Labute approximate surface area is 215 Å². The van der Waals surface area contributed by atoms with Gasteiger partial charge in [-0.1, -0.05) is 82.4 Å². The number of nitrogens with one attached hydrogen (secondary N) is 2. The molecule has 1 aromatic heterocycles. The lowest BCUT2D eigenvalue weighted by atomic mass is 9.79. The van der Waals surface area contributed by atoms with E-state index in [1.165, 1.54) is 51.4 Å². The van der Waals surface area contributed by atoms with E-state index in [9.17, 15) is 14.7 Å². The van der Waals surface area contributed by atoms with Crippen molar-refractivity contribution >= 4 is 22.7 Å². The Morgan fingerprint density at radius 3 is 2.28 bits per heavy atom. The summed E-state index contributed by atoms with van der Waals surface area (Å²) in [6.45, 7) is 0. The van der Waals surface area contributed by atoms with Gasteiger partial charge in [-0.3, -0.25) is 14.6 Å². The number of hydrogen-bond acceptors (Lipinski definition) is 4. The minimum atomic E-state index is -0.768. The van der Waals surface area contributed by atoms with Crippen molar-refractivity contribution in [2.75, 3.05) is 7.05 Å². The Kier molecular flexibility index (Phi) is 9.74. The van der Waals surface area contributed by atoms with Crippen molar-refractivity contribution in [2.24, 2.45) is 17.8 Å². The summed E-state index contributed by atoms with van der Waals surface area (Å²) in [5.74, 6) is 0.590. The third-order valence-corrected chi connectivity index (χ3v) is 8.43. The maximum absolute atomic E-state index is 13.3. The minimum absolute atomic E-state index is 0.00101. The second-order valence-electron chi connectivity index (χ2n) is 11.1. The lowest BCUT2D eigenvalue weighted by Crippen LogP contribution is -2.46. The Hall–Kier alpha value is -2.47. The van der Waals surface area contributed by atoms with Gasteiger partial charge >= 0.3 is 0 Å². The quantitative estimate of drug-likeness (QED) is 0.414. The van der Waals surface area contributed by atoms with Crippen LogP contribution in [-0.2, 0) is 4.79 Å². The fourth-order valence-electron chi connectivity index (χ4n) is 6.34. The number of aromatic nitrogens is 1. The van der Waals surface area contributed by atoms with Crippen LogP contribution >= 0.6 is 0 Å². The zero-order valence-electron chi connectivity index (χ0n) is 21.8. The Balaban J connectivity index is 1.48. The Morgan fingerprint density at radius 1 is 0.972 bits per heavy atom. The highest BCUT2D eigenvalue weighted by molar-refractivity contribution is 5.97. The molecule has 2 amide bonds. The van der Waals surface area contributed by atoms with E-state index >= 15 is 0 Å². The molecule has 2 fully saturated rings. The summed E-state index contributed by atoms with van der Waals surface area (Å²) in [7, 11) is 1.68. The number of aliphatic hydroxyl groups is 1. The highest BCUT2D eigenvalue weighted by Crippen LogP contribution is 2.33. The average Bonchev–Trinajstić information content (AvgIpc) is 2.92. The van der Waals surface area contributed by atoms with E-state index in [1.807, 2.05) is 30.3 Å². The summed E-state index contributed by atoms with van der Waals surface area (Å²) in [5, 5.41) is 18.3. The van der Waals surface area contributed by atoms with Gasteiger partial charge < -0.3 is 15.7 Å². The number of rotatable bonds is 10. The van der Waals surface area contributed by atoms with E-state index in [2.05, 4.69) is 15.6 Å². The molecule has 3 atom stereocenters. The molecule has 2 aliphatic carbocycles. The van der Waals surface area contributed by atoms with Crippen molar-refractivity contribution in [2.45, 2.75) is 95.6 Å². The first-order valence-electron chi connectivity index (χ1n) is 14.1. The van der Waals surface area contributed by atoms with Gasteiger partial charge in [0.05, 0.1) is 23.2 Å². The van der Waals surface area contributed by atoms with E-state index in [0.29, 0.717) is 23.8 Å². The molecule has 0 spiro atoms. The van der Waals surface area contributed by atoms with Gasteiger partial charge in [-0.05, 0) is 43.2 Å². The molecule has 1 heterocycles. The number of amides is 2. The maximum Gasteiger partial charge on any atom is 0.253 e. The first-order chi connectivity index (χ1) is 17.5. The molecular formula is C30H43N3O3. The molecule has 4 rings (SSSR count). The van der Waals surface area contributed by atoms with Crippen molar-refractivity contribution in [3.8, 4) is 0 Å². The largest absolute Gasteiger partial charge is 0.391 e. The van der Waals surface area contributed by atoms with E-state index in [1.54, 1.807) is 13.2 Å². The van der Waals surface area contributed by atoms with Crippen LogP contribution in [0, 0.1) is 17.8 Å². The molecule has 196 valence electrons. The number of nitrogens with zero attached hydrogens (tertiary/aromatic N) is 1. The number of para-hydroxylation sites is 1. The number of hydrogen-bond donors (Lipinski definition) is 3. The molecule has 2 aromatic rings. The van der Waals surface area contributed by atoms with Gasteiger partial charge in [-0.25, -0.2) is 0 Å². The van der Waals surface area contributed by atoms with Gasteiger partial charge in [0.2, 0.25) is 5.91 Å². The van der Waals surface area contributed by atoms with E-state index in [-0.39, 0.29) is 23.8 Å². The van der Waals surface area contributed by atoms with Gasteiger partial charge in [-0.15, -0.1) is 0 Å². The number of aliphatic hydroxyl groups excluding tert-OH is 1. The molecule has 3 N–H and O–H groups in total. The zero-order chi connectivity index (χ0) is 25.3. The lowest BCUT2D eigenvalue weighted by molar-refractivity contribution is -0.126. The van der Waals surface area contributed by atoms with Crippen molar-refractivity contribution in [1.29, 1.82) is 0 Å². The van der Waals surface area contributed by atoms with E-state index in [0.717, 1.165) is 36.6 Å². The summed E-state index contributed by atoms with van der Waals surface area (Å²) in [6, 6.07) is 9.22. The fraction of sp³-hybridized carbons (Fsp3) is 0.633. The topological polar surface area (TPSA) is 91.3 Å². The normalized spacial score (nSPS) is 19.9. The molecule has 0 unspecified atom stereocenters. The van der Waals surface area contributed by atoms with Crippen LogP contribution in [0.2, 0.25) is 0 Å². The average molecular weight is 494 g/mol. The molecule has 0 aliphatic heterocycles. The molecule has 0 bridgehead atoms. The highest BCUT2D eigenvalue weighted by atomic mass is 16.3. The summed E-state index contributed by atoms with van der Waals surface area (Å²) in [5.41, 5.74) is 1.35. The third kappa shape index (κ3) is 7.28. The second kappa shape index (κ2) is 13.2. The number of carbonyl (C=O) groups is 2. The maximum atomic E-state index is 13.3. The van der Waals surface area contributed by atoms with Gasteiger partial charge in [0.15, 0.2) is 0 Å². The van der Waals surface area contributed by atoms with Crippen LogP contribution in [0.5, 0.6) is 0 Å². The summed E-state index contributed by atoms with van der Waals surface area (Å²) < 4.78 is 0. The predicted molar refractivity (Wildman–Crippen MR) is 144 cm³/mol. The molecule has 6 nitrogen and oxygen atoms in total. The van der Waals surface area contributed by atoms with Crippen LogP contribution in [0.4, 0.5) is 0 Å². The van der Waals surface area contributed by atoms with E-state index < -0.39 is 6.10 Å². The second-order valence-corrected chi connectivity index (χ2v) is 11.1. The summed E-state index contributed by atoms with van der Waals surface area (Å²) in [6.07, 6.45) is 14.8. The summed E-state index contributed by atoms with van der Waals surface area (Å²) >= 11 is 0. The zero-order valence-corrected chi connectivity index (χ0v) is 21.8. The smallest absolute Gasteiger partial charge is 0.253 e. The van der Waals surface area contributed by atoms with Crippen LogP contribution in [0.3, 0.4) is 0 Å². The molecule has 2 aliphatic rings. The number of benzene rings is 1. The number of fused-ring (bicyclic) bond motifs is 1. The van der Waals surface area contributed by atoms with Gasteiger partial charge in [0.1, 0.15) is 0 Å². The third-order valence-electron chi connectivity index (χ3n) is 8.43. The Bertz CT molecular complexity index is 998. The van der Waals surface area contributed by atoms with Crippen molar-refractivity contribution in [3.63, 3.8) is 0 Å². The van der Waals surface area contributed by atoms with Crippen LogP contribution in [-0.4, -0.2) is 41.1 Å². The molecule has 36 heavy (non-hydrogen) atoms. The van der Waals surface area contributed by atoms with Gasteiger partial charge in [0.25, 0.3) is 5.91 Å². The standard InChI is InChI=1S/C30H43N3O3/c1-31-29(35)24(16-21-10-4-2-5-11-21)19-28(34)27(17-22-12-6-3-7-13-22)33-30(36)25-18-23-14-8-9-15-26(23)32-20-25/h8-9,14-15,18,20-22,24,27-28,34H,2-7,10-13,16-17,19H2,1H3,(H,31,35)(H,33,36)/t24-,27+,28+/m1/s1. The molecule has 6 heteroatoms. The molecule has 0 radical (unpaired) electrons. The van der Waals surface area contributed by atoms with E-state index in [4.69, 9.17) is 0 Å². The van der Waals surface area contributed by atoms with Crippen LogP contribution in [0.25, 0.3) is 10.9 Å². The monoisotopic (exact) mass is 493 g/mol. The van der Waals surface area contributed by atoms with Crippen molar-refractivity contribution in [1.82, 2.24) is 15.6 Å².